The Hall–Kier alpha value is -4.17. The van der Waals surface area contributed by atoms with Gasteiger partial charge in [0.15, 0.2) is 5.78 Å². The van der Waals surface area contributed by atoms with Gasteiger partial charge in [-0.05, 0) is 53.6 Å². The maximum Gasteiger partial charge on any atom is 0.411 e. The van der Waals surface area contributed by atoms with Gasteiger partial charge in [0.1, 0.15) is 5.82 Å². The molecule has 5 rings (SSSR count). The first-order valence-electron chi connectivity index (χ1n) is 11.0. The molecule has 0 aliphatic carbocycles. The van der Waals surface area contributed by atoms with Gasteiger partial charge in [0.05, 0.1) is 20.3 Å². The van der Waals surface area contributed by atoms with Crippen molar-refractivity contribution in [3.8, 4) is 11.1 Å². The Morgan fingerprint density at radius 2 is 1.91 bits per heavy atom. The number of rotatable bonds is 5. The summed E-state index contributed by atoms with van der Waals surface area (Å²) in [6.45, 7) is 2.73. The van der Waals surface area contributed by atoms with Gasteiger partial charge in [0.25, 0.3) is 0 Å². The third kappa shape index (κ3) is 4.35. The number of ketones is 1. The van der Waals surface area contributed by atoms with Crippen molar-refractivity contribution < 1.29 is 19.1 Å². The second-order valence-electron chi connectivity index (χ2n) is 7.99. The van der Waals surface area contributed by atoms with E-state index in [4.69, 9.17) is 9.47 Å². The van der Waals surface area contributed by atoms with E-state index in [9.17, 15) is 9.59 Å². The molecule has 2 aromatic carbocycles. The zero-order valence-corrected chi connectivity index (χ0v) is 18.7. The van der Waals surface area contributed by atoms with Crippen LogP contribution < -0.4 is 10.2 Å². The number of H-pyrrole nitrogens is 1. The van der Waals surface area contributed by atoms with Crippen LogP contribution in [0.3, 0.4) is 0 Å². The zero-order valence-electron chi connectivity index (χ0n) is 18.7. The maximum absolute atomic E-state index is 13.6. The minimum atomic E-state index is -0.603. The smallest absolute Gasteiger partial charge is 0.411 e. The molecule has 172 valence electrons. The molecule has 1 amide bonds. The van der Waals surface area contributed by atoms with Crippen molar-refractivity contribution in [2.75, 3.05) is 43.6 Å². The summed E-state index contributed by atoms with van der Waals surface area (Å²) < 4.78 is 10.2. The number of aromatic amines is 1. The van der Waals surface area contributed by atoms with E-state index in [1.54, 1.807) is 24.4 Å². The molecule has 1 aliphatic heterocycles. The number of nitrogens with one attached hydrogen (secondary N) is 2. The molecule has 0 spiro atoms. The van der Waals surface area contributed by atoms with E-state index in [1.807, 2.05) is 42.6 Å². The third-order valence-electron chi connectivity index (χ3n) is 5.88. The predicted octanol–water partition coefficient (Wildman–Crippen LogP) is 4.48. The molecule has 1 saturated heterocycles. The molecular weight excluding hydrogens is 432 g/mol. The van der Waals surface area contributed by atoms with Crippen LogP contribution in [-0.2, 0) is 9.47 Å². The maximum atomic E-state index is 13.6. The lowest BCUT2D eigenvalue weighted by molar-refractivity contribution is 0.103. The number of carbonyl (C=O) groups is 2. The fourth-order valence-corrected chi connectivity index (χ4v) is 4.18. The third-order valence-corrected chi connectivity index (χ3v) is 5.88. The number of ether oxygens (including phenoxy) is 2. The first-order chi connectivity index (χ1) is 16.6. The molecule has 3 heterocycles. The molecule has 1 aliphatic rings. The van der Waals surface area contributed by atoms with E-state index < -0.39 is 6.09 Å². The summed E-state index contributed by atoms with van der Waals surface area (Å²) in [5, 5.41) is 3.72. The number of amides is 1. The topological polar surface area (TPSA) is 96.5 Å². The lowest BCUT2D eigenvalue weighted by atomic mass is 9.95. The van der Waals surface area contributed by atoms with Crippen molar-refractivity contribution in [3.63, 3.8) is 0 Å². The van der Waals surface area contributed by atoms with Crippen LogP contribution in [0.5, 0.6) is 0 Å². The SMILES string of the molecule is COC(=O)Nc1cc(C(=O)c2ccnc(N3CCOCC3)c2)cc(-c2cccc3[nH]ccc23)c1. The number of pyridine rings is 1. The van der Waals surface area contributed by atoms with Crippen molar-refractivity contribution >= 4 is 34.3 Å². The minimum Gasteiger partial charge on any atom is -0.453 e. The molecule has 4 aromatic rings. The van der Waals surface area contributed by atoms with Crippen LogP contribution in [0.15, 0.2) is 67.0 Å². The van der Waals surface area contributed by atoms with Gasteiger partial charge in [-0.1, -0.05) is 12.1 Å². The number of benzene rings is 2. The minimum absolute atomic E-state index is 0.159. The summed E-state index contributed by atoms with van der Waals surface area (Å²) in [4.78, 5) is 35.2. The highest BCUT2D eigenvalue weighted by atomic mass is 16.5. The first-order valence-corrected chi connectivity index (χ1v) is 11.0. The fourth-order valence-electron chi connectivity index (χ4n) is 4.18. The average Bonchev–Trinajstić information content (AvgIpc) is 3.38. The number of morpholine rings is 1. The van der Waals surface area contributed by atoms with Crippen molar-refractivity contribution in [1.29, 1.82) is 0 Å². The van der Waals surface area contributed by atoms with E-state index >= 15 is 0 Å². The van der Waals surface area contributed by atoms with Gasteiger partial charge in [0, 0.05) is 53.2 Å². The highest BCUT2D eigenvalue weighted by Crippen LogP contribution is 2.32. The normalized spacial score (nSPS) is 13.6. The molecule has 0 radical (unpaired) electrons. The standard InChI is InChI=1S/C26H24N4O4/c1-33-26(32)29-20-14-18(21-3-2-4-23-22(21)6-8-27-23)13-19(15-20)25(31)17-5-7-28-24(16-17)30-9-11-34-12-10-30/h2-8,13-16,27H,9-12H2,1H3,(H,29,32). The van der Waals surface area contributed by atoms with Gasteiger partial charge in [-0.15, -0.1) is 0 Å². The number of hydrogen-bond acceptors (Lipinski definition) is 6. The molecule has 1 fully saturated rings. The largest absolute Gasteiger partial charge is 0.453 e. The molecule has 2 N–H and O–H groups in total. The van der Waals surface area contributed by atoms with Gasteiger partial charge in [-0.3, -0.25) is 10.1 Å². The number of carbonyl (C=O) groups excluding carboxylic acids is 2. The van der Waals surface area contributed by atoms with Crippen molar-refractivity contribution in [2.24, 2.45) is 0 Å². The number of nitrogens with zero attached hydrogens (tertiary/aromatic N) is 2. The van der Waals surface area contributed by atoms with Crippen molar-refractivity contribution in [1.82, 2.24) is 9.97 Å². The van der Waals surface area contributed by atoms with Crippen molar-refractivity contribution in [2.45, 2.75) is 0 Å². The zero-order chi connectivity index (χ0) is 23.5. The van der Waals surface area contributed by atoms with Crippen LogP contribution in [0.2, 0.25) is 0 Å². The number of fused-ring (bicyclic) bond motifs is 1. The molecule has 8 nitrogen and oxygen atoms in total. The van der Waals surface area contributed by atoms with Crippen LogP contribution in [0.1, 0.15) is 15.9 Å². The number of aromatic nitrogens is 2. The number of anilines is 2. The van der Waals surface area contributed by atoms with Crippen LogP contribution >= 0.6 is 0 Å². The Balaban J connectivity index is 1.56. The second-order valence-corrected chi connectivity index (χ2v) is 7.99. The molecule has 2 aromatic heterocycles. The molecular formula is C26H24N4O4. The molecule has 8 heteroatoms. The van der Waals surface area contributed by atoms with Gasteiger partial charge in [-0.2, -0.15) is 0 Å². The second kappa shape index (κ2) is 9.36. The van der Waals surface area contributed by atoms with E-state index in [-0.39, 0.29) is 5.78 Å². The highest BCUT2D eigenvalue weighted by molar-refractivity contribution is 6.11. The molecule has 0 atom stereocenters. The van der Waals surface area contributed by atoms with Gasteiger partial charge in [-0.25, -0.2) is 9.78 Å². The Labute approximate surface area is 196 Å². The summed E-state index contributed by atoms with van der Waals surface area (Å²) in [6, 6.07) is 16.8. The van der Waals surface area contributed by atoms with Crippen molar-refractivity contribution in [3.05, 3.63) is 78.1 Å². The average molecular weight is 457 g/mol. The summed E-state index contributed by atoms with van der Waals surface area (Å²) in [5.74, 6) is 0.586. The van der Waals surface area contributed by atoms with Crippen LogP contribution in [0, 0.1) is 0 Å². The predicted molar refractivity (Wildman–Crippen MR) is 130 cm³/mol. The van der Waals surface area contributed by atoms with E-state index in [0.717, 1.165) is 40.9 Å². The number of methoxy groups -OCH3 is 1. The van der Waals surface area contributed by atoms with Gasteiger partial charge >= 0.3 is 6.09 Å². The quantitative estimate of drug-likeness (QED) is 0.430. The van der Waals surface area contributed by atoms with E-state index in [2.05, 4.69) is 20.2 Å². The lowest BCUT2D eigenvalue weighted by Crippen LogP contribution is -2.36. The van der Waals surface area contributed by atoms with Gasteiger partial charge in [0.2, 0.25) is 0 Å². The monoisotopic (exact) mass is 456 g/mol. The molecule has 0 saturated carbocycles. The molecule has 0 unspecified atom stereocenters. The Bertz CT molecular complexity index is 1360. The van der Waals surface area contributed by atoms with Crippen LogP contribution in [0.25, 0.3) is 22.0 Å². The lowest BCUT2D eigenvalue weighted by Gasteiger charge is -2.27. The van der Waals surface area contributed by atoms with E-state index in [0.29, 0.717) is 30.0 Å². The summed E-state index contributed by atoms with van der Waals surface area (Å²) in [6.07, 6.45) is 2.92. The van der Waals surface area contributed by atoms with Gasteiger partial charge < -0.3 is 19.4 Å². The van der Waals surface area contributed by atoms with Crippen LogP contribution in [0.4, 0.5) is 16.3 Å². The fraction of sp³-hybridized carbons (Fsp3) is 0.192. The van der Waals surface area contributed by atoms with Crippen LogP contribution in [-0.4, -0.2) is 55.3 Å². The molecule has 34 heavy (non-hydrogen) atoms. The highest BCUT2D eigenvalue weighted by Gasteiger charge is 2.18. The first kappa shape index (κ1) is 21.7. The Kier molecular flexibility index (Phi) is 5.97. The Morgan fingerprint density at radius 3 is 2.74 bits per heavy atom. The number of hydrogen-bond donors (Lipinski definition) is 2. The summed E-state index contributed by atoms with van der Waals surface area (Å²) in [7, 11) is 1.30. The molecule has 0 bridgehead atoms. The van der Waals surface area contributed by atoms with E-state index in [1.165, 1.54) is 7.11 Å². The Morgan fingerprint density at radius 1 is 1.06 bits per heavy atom. The summed E-state index contributed by atoms with van der Waals surface area (Å²) in [5.41, 5.74) is 4.20. The summed E-state index contributed by atoms with van der Waals surface area (Å²) >= 11 is 0.